The van der Waals surface area contributed by atoms with Crippen molar-refractivity contribution in [3.05, 3.63) is 83.9 Å². The number of anilines is 2. The smallest absolute Gasteiger partial charge is 0.309 e. The Morgan fingerprint density at radius 3 is 2.10 bits per heavy atom. The van der Waals surface area contributed by atoms with E-state index in [9.17, 15) is 11.0 Å². The van der Waals surface area contributed by atoms with Gasteiger partial charge >= 0.3 is 5.97 Å². The van der Waals surface area contributed by atoms with Gasteiger partial charge in [0.05, 0.1) is 20.9 Å². The van der Waals surface area contributed by atoms with E-state index in [2.05, 4.69) is 41.3 Å². The van der Waals surface area contributed by atoms with Gasteiger partial charge in [0.25, 0.3) is 0 Å². The molecule has 2 aliphatic carbocycles. The minimum Gasteiger partial charge on any atom is -0.469 e. The highest BCUT2D eigenvalue weighted by Crippen LogP contribution is 2.40. The number of carbonyl (C=O) groups is 2. The van der Waals surface area contributed by atoms with Crippen LogP contribution in [0.15, 0.2) is 72.8 Å². The molecule has 0 aliphatic heterocycles. The number of benzene rings is 3. The van der Waals surface area contributed by atoms with Crippen LogP contribution in [0.4, 0.5) is 11.4 Å². The van der Waals surface area contributed by atoms with Crippen LogP contribution in [0.5, 0.6) is 0 Å². The maximum Gasteiger partial charge on any atom is 0.309 e. The Morgan fingerprint density at radius 1 is 0.805 bits per heavy atom. The van der Waals surface area contributed by atoms with E-state index in [4.69, 9.17) is 4.74 Å². The average Bonchev–Trinajstić information content (AvgIpc) is 3.05. The lowest BCUT2D eigenvalue weighted by atomic mass is 9.75. The molecule has 5 rings (SSSR count). The highest BCUT2D eigenvalue weighted by molar-refractivity contribution is 5.95. The molecule has 0 heterocycles. The fourth-order valence-corrected chi connectivity index (χ4v) is 6.54. The molecule has 2 saturated carbocycles. The third-order valence-electron chi connectivity index (χ3n) is 8.94. The maximum atomic E-state index is 14.1. The normalized spacial score (nSPS) is 20.5. The Hall–Kier alpha value is -3.60. The van der Waals surface area contributed by atoms with Gasteiger partial charge in [-0.1, -0.05) is 80.6 Å². The molecule has 216 valence electrons. The van der Waals surface area contributed by atoms with Crippen LogP contribution in [0.1, 0.15) is 76.2 Å². The first-order valence-corrected chi connectivity index (χ1v) is 15.2. The first-order valence-electron chi connectivity index (χ1n) is 15.8. The van der Waals surface area contributed by atoms with Gasteiger partial charge in [-0.25, -0.2) is 0 Å². The molecule has 2 fully saturated rings. The summed E-state index contributed by atoms with van der Waals surface area (Å²) in [5, 5.41) is 0. The van der Waals surface area contributed by atoms with Crippen molar-refractivity contribution in [1.82, 2.24) is 0 Å². The lowest BCUT2D eigenvalue weighted by Crippen LogP contribution is -2.37. The van der Waals surface area contributed by atoms with Crippen LogP contribution in [0.3, 0.4) is 0 Å². The van der Waals surface area contributed by atoms with Crippen molar-refractivity contribution in [3.63, 3.8) is 0 Å². The molecule has 0 aromatic heterocycles. The Kier molecular flexibility index (Phi) is 8.99. The standard InChI is InChI=1S/C36H44N2O3/c1-37(2)31-22-20-28(21-23-31)27-18-16-26(17-19-27)25-38(35(39)29-10-5-4-6-11-29)32-13-9-12-30(24-32)33-14-7-8-15-34(33)36(40)41-3/h9,12-13,16-24,29,33-34H,4-8,10-11,14-15,25H2,1-3H3/i25D. The molecule has 0 N–H and O–H groups in total. The SMILES string of the molecule is [2H]C(c1ccc(-c2ccc(N(C)C)cc2)cc1)N(C(=O)C1CCCCC1)c1cccc(C2CCCCC2C(=O)OC)c1. The number of rotatable bonds is 8. The Labute approximate surface area is 246 Å². The predicted octanol–water partition coefficient (Wildman–Crippen LogP) is 7.98. The molecule has 5 heteroatoms. The lowest BCUT2D eigenvalue weighted by molar-refractivity contribution is -0.147. The molecule has 0 saturated heterocycles. The third-order valence-corrected chi connectivity index (χ3v) is 8.94. The zero-order valence-electron chi connectivity index (χ0n) is 25.7. The fourth-order valence-electron chi connectivity index (χ4n) is 6.54. The third kappa shape index (κ3) is 6.83. The van der Waals surface area contributed by atoms with E-state index in [1.165, 1.54) is 7.11 Å². The average molecular weight is 554 g/mol. The van der Waals surface area contributed by atoms with Crippen LogP contribution in [0, 0.1) is 11.8 Å². The summed E-state index contributed by atoms with van der Waals surface area (Å²) in [4.78, 5) is 30.5. The number of amides is 1. The highest BCUT2D eigenvalue weighted by atomic mass is 16.5. The second kappa shape index (κ2) is 13.4. The topological polar surface area (TPSA) is 49.9 Å². The van der Waals surface area contributed by atoms with Crippen molar-refractivity contribution in [1.29, 1.82) is 0 Å². The van der Waals surface area contributed by atoms with Gasteiger partial charge in [0.15, 0.2) is 0 Å². The van der Waals surface area contributed by atoms with Gasteiger partial charge in [0.1, 0.15) is 0 Å². The molecule has 3 aromatic carbocycles. The number of hydrogen-bond acceptors (Lipinski definition) is 4. The lowest BCUT2D eigenvalue weighted by Gasteiger charge is -2.32. The summed E-state index contributed by atoms with van der Waals surface area (Å²) >= 11 is 0. The van der Waals surface area contributed by atoms with Crippen molar-refractivity contribution in [2.24, 2.45) is 11.8 Å². The van der Waals surface area contributed by atoms with Gasteiger partial charge < -0.3 is 14.5 Å². The molecule has 0 spiro atoms. The van der Waals surface area contributed by atoms with E-state index in [-0.39, 0.29) is 29.6 Å². The van der Waals surface area contributed by atoms with Gasteiger partial charge in [0, 0.05) is 31.4 Å². The molecule has 3 atom stereocenters. The molecule has 3 aromatic rings. The molecule has 0 bridgehead atoms. The van der Waals surface area contributed by atoms with Crippen molar-refractivity contribution in [2.45, 2.75) is 70.2 Å². The molecular weight excluding hydrogens is 508 g/mol. The van der Waals surface area contributed by atoms with E-state index in [1.807, 2.05) is 50.5 Å². The van der Waals surface area contributed by atoms with E-state index in [0.717, 1.165) is 91.4 Å². The molecule has 1 amide bonds. The minimum absolute atomic E-state index is 0.0309. The van der Waals surface area contributed by atoms with Crippen molar-refractivity contribution >= 4 is 23.3 Å². The second-order valence-electron chi connectivity index (χ2n) is 11.9. The van der Waals surface area contributed by atoms with Gasteiger partial charge in [-0.05, 0) is 78.1 Å². The van der Waals surface area contributed by atoms with Crippen molar-refractivity contribution < 1.29 is 15.7 Å². The van der Waals surface area contributed by atoms with Crippen molar-refractivity contribution in [3.8, 4) is 11.1 Å². The van der Waals surface area contributed by atoms with Crippen molar-refractivity contribution in [2.75, 3.05) is 31.0 Å². The number of esters is 1. The summed E-state index contributed by atoms with van der Waals surface area (Å²) in [6, 6.07) is 24.5. The highest BCUT2D eigenvalue weighted by Gasteiger charge is 2.34. The van der Waals surface area contributed by atoms with Crippen LogP contribution in [-0.2, 0) is 20.8 Å². The Morgan fingerprint density at radius 2 is 1.44 bits per heavy atom. The quantitative estimate of drug-likeness (QED) is 0.265. The summed E-state index contributed by atoms with van der Waals surface area (Å²) in [5.74, 6) is -0.312. The first-order chi connectivity index (χ1) is 20.4. The zero-order valence-corrected chi connectivity index (χ0v) is 24.7. The van der Waals surface area contributed by atoms with Crippen LogP contribution >= 0.6 is 0 Å². The molecule has 5 nitrogen and oxygen atoms in total. The van der Waals surface area contributed by atoms with E-state index < -0.39 is 6.52 Å². The van der Waals surface area contributed by atoms with Crippen LogP contribution < -0.4 is 9.80 Å². The second-order valence-corrected chi connectivity index (χ2v) is 11.9. The predicted molar refractivity (Wildman–Crippen MR) is 167 cm³/mol. The van der Waals surface area contributed by atoms with Crippen LogP contribution in [0.25, 0.3) is 11.1 Å². The first kappa shape index (κ1) is 27.6. The molecule has 41 heavy (non-hydrogen) atoms. The monoisotopic (exact) mass is 553 g/mol. The number of methoxy groups -OCH3 is 1. The van der Waals surface area contributed by atoms with Gasteiger partial charge in [-0.3, -0.25) is 9.59 Å². The number of ether oxygens (including phenoxy) is 1. The largest absolute Gasteiger partial charge is 0.469 e. The number of hydrogen-bond donors (Lipinski definition) is 0. The minimum atomic E-state index is -0.873. The maximum absolute atomic E-state index is 14.1. The molecular formula is C36H44N2O3. The number of nitrogens with zero attached hydrogens (tertiary/aromatic N) is 2. The van der Waals surface area contributed by atoms with Crippen LogP contribution in [-0.4, -0.2) is 33.1 Å². The van der Waals surface area contributed by atoms with Crippen LogP contribution in [0.2, 0.25) is 0 Å². The summed E-state index contributed by atoms with van der Waals surface area (Å²) in [5.41, 5.74) is 5.90. The zero-order chi connectivity index (χ0) is 29.6. The van der Waals surface area contributed by atoms with Gasteiger partial charge in [0.2, 0.25) is 5.91 Å². The Balaban J connectivity index is 1.46. The Bertz CT molecular complexity index is 1350. The molecule has 0 radical (unpaired) electrons. The van der Waals surface area contributed by atoms with E-state index in [0.29, 0.717) is 0 Å². The molecule has 2 aliphatic rings. The summed E-state index contributed by atoms with van der Waals surface area (Å²) in [6.45, 7) is -0.873. The summed E-state index contributed by atoms with van der Waals surface area (Å²) in [6.07, 6.45) is 8.84. The fraction of sp³-hybridized carbons (Fsp3) is 0.444. The number of carbonyl (C=O) groups excluding carboxylic acids is 2. The molecule has 3 unspecified atom stereocenters. The van der Waals surface area contributed by atoms with E-state index >= 15 is 0 Å². The van der Waals surface area contributed by atoms with Gasteiger partial charge in [-0.2, -0.15) is 0 Å². The van der Waals surface area contributed by atoms with E-state index in [1.54, 1.807) is 4.90 Å². The summed E-state index contributed by atoms with van der Waals surface area (Å²) < 4.78 is 14.5. The van der Waals surface area contributed by atoms with Gasteiger partial charge in [-0.15, -0.1) is 0 Å². The summed E-state index contributed by atoms with van der Waals surface area (Å²) in [7, 11) is 5.52.